The predicted molar refractivity (Wildman–Crippen MR) is 166 cm³/mol. The van der Waals surface area contributed by atoms with Gasteiger partial charge in [0.1, 0.15) is 17.2 Å². The lowest BCUT2D eigenvalue weighted by Gasteiger charge is -2.26. The summed E-state index contributed by atoms with van der Waals surface area (Å²) in [6, 6.07) is 12.5. The zero-order chi connectivity index (χ0) is 33.1. The Balaban J connectivity index is 1.27. The van der Waals surface area contributed by atoms with Crippen molar-refractivity contribution in [2.75, 3.05) is 25.0 Å². The van der Waals surface area contributed by atoms with Crippen LogP contribution in [-0.4, -0.2) is 88.2 Å². The van der Waals surface area contributed by atoms with Gasteiger partial charge in [-0.05, 0) is 17.7 Å². The number of aromatic nitrogens is 2. The third-order valence-corrected chi connectivity index (χ3v) is 10.7. The molecule has 0 aliphatic carbocycles. The molecule has 6 N–H and O–H groups in total. The number of H-pyrrole nitrogens is 1. The van der Waals surface area contributed by atoms with Crippen LogP contribution < -0.4 is 16.4 Å². The number of anilines is 1. The molecule has 46 heavy (non-hydrogen) atoms. The number of carbonyl (C=O) groups excluding carboxylic acids is 2. The molecule has 2 unspecified atom stereocenters. The summed E-state index contributed by atoms with van der Waals surface area (Å²) in [4.78, 5) is 49.1. The number of sulfone groups is 1. The summed E-state index contributed by atoms with van der Waals surface area (Å²) in [7, 11) is -4.92. The molecule has 3 heterocycles. The molecule has 0 bridgehead atoms. The maximum atomic E-state index is 13.4. The number of carboxylic acids is 1. The van der Waals surface area contributed by atoms with Crippen molar-refractivity contribution in [1.82, 2.24) is 20.2 Å². The molecule has 1 aromatic heterocycles. The summed E-state index contributed by atoms with van der Waals surface area (Å²) in [6.07, 6.45) is 2.77. The van der Waals surface area contributed by atoms with Gasteiger partial charge in [-0.2, -0.15) is 0 Å². The van der Waals surface area contributed by atoms with Gasteiger partial charge in [-0.1, -0.05) is 64.8 Å². The Hall–Kier alpha value is -4.38. The summed E-state index contributed by atoms with van der Waals surface area (Å²) in [5.74, 6) is -2.38. The van der Waals surface area contributed by atoms with Crippen molar-refractivity contribution < 1.29 is 37.5 Å². The van der Waals surface area contributed by atoms with Gasteiger partial charge in [-0.3, -0.25) is 9.69 Å². The smallest absolute Gasteiger partial charge is 0.410 e. The number of carboxylic acid groups (broad SMARTS) is 1. The first-order valence-corrected chi connectivity index (χ1v) is 16.0. The lowest BCUT2D eigenvalue weighted by molar-refractivity contribution is -0.139. The molecule has 18 heteroatoms. The Morgan fingerprint density at radius 2 is 1.89 bits per heavy atom. The van der Waals surface area contributed by atoms with E-state index in [4.69, 9.17) is 38.5 Å². The van der Waals surface area contributed by atoms with E-state index in [9.17, 15) is 27.9 Å². The maximum Gasteiger partial charge on any atom is 0.410 e. The van der Waals surface area contributed by atoms with Crippen molar-refractivity contribution in [3.8, 4) is 0 Å². The average Bonchev–Trinajstić information content (AvgIpc) is 3.78. The van der Waals surface area contributed by atoms with E-state index in [-0.39, 0.29) is 48.3 Å². The molecule has 2 aliphatic heterocycles. The van der Waals surface area contributed by atoms with Gasteiger partial charge in [0, 0.05) is 31.8 Å². The second-order valence-electron chi connectivity index (χ2n) is 10.8. The van der Waals surface area contributed by atoms with Crippen LogP contribution in [0.1, 0.15) is 18.4 Å². The number of aliphatic carboxylic acids is 1. The SMILES string of the molecule is N[C@](CNC(=O)C1=NOC2(C1)CC(CNc1ncc[nH]1)N(C(=O)OCc1ccccc1)C2)(C(=O)O)S(=O)(=O)c1c(Cl)cccc1Cl. The van der Waals surface area contributed by atoms with Gasteiger partial charge < -0.3 is 36.0 Å². The van der Waals surface area contributed by atoms with Gasteiger partial charge in [-0.25, -0.2) is 23.0 Å². The number of carbonyl (C=O) groups is 3. The second-order valence-corrected chi connectivity index (χ2v) is 13.7. The molecule has 15 nitrogen and oxygen atoms in total. The van der Waals surface area contributed by atoms with E-state index in [1.165, 1.54) is 23.1 Å². The van der Waals surface area contributed by atoms with Crippen LogP contribution >= 0.6 is 23.2 Å². The van der Waals surface area contributed by atoms with Crippen LogP contribution in [0.15, 0.2) is 71.0 Å². The average molecular weight is 695 g/mol. The first-order chi connectivity index (χ1) is 21.8. The van der Waals surface area contributed by atoms with Gasteiger partial charge in [-0.15, -0.1) is 0 Å². The van der Waals surface area contributed by atoms with Crippen LogP contribution in [0.25, 0.3) is 0 Å². The van der Waals surface area contributed by atoms with Crippen molar-refractivity contribution in [2.45, 2.75) is 40.9 Å². The fraction of sp³-hybridized carbons (Fsp3) is 0.321. The molecule has 0 saturated carbocycles. The maximum absolute atomic E-state index is 13.4. The van der Waals surface area contributed by atoms with E-state index >= 15 is 0 Å². The largest absolute Gasteiger partial charge is 0.479 e. The van der Waals surface area contributed by atoms with Crippen LogP contribution in [0, 0.1) is 0 Å². The number of aromatic amines is 1. The quantitative estimate of drug-likeness (QED) is 0.196. The first kappa shape index (κ1) is 33.0. The number of amides is 2. The molecular formula is C28H29Cl2N7O8S. The lowest BCUT2D eigenvalue weighted by Crippen LogP contribution is -2.61. The minimum atomic E-state index is -4.92. The highest BCUT2D eigenvalue weighted by Crippen LogP contribution is 2.38. The van der Waals surface area contributed by atoms with Crippen molar-refractivity contribution >= 4 is 62.7 Å². The van der Waals surface area contributed by atoms with Crippen LogP contribution in [0.2, 0.25) is 10.0 Å². The Bertz CT molecular complexity index is 1740. The number of hydrogen-bond acceptors (Lipinski definition) is 11. The first-order valence-electron chi connectivity index (χ1n) is 13.8. The monoisotopic (exact) mass is 693 g/mol. The van der Waals surface area contributed by atoms with Gasteiger partial charge in [0.15, 0.2) is 11.5 Å². The Labute approximate surface area is 272 Å². The van der Waals surface area contributed by atoms with E-state index in [2.05, 4.69) is 25.8 Å². The Kier molecular flexibility index (Phi) is 9.44. The second kappa shape index (κ2) is 13.2. The molecule has 244 valence electrons. The summed E-state index contributed by atoms with van der Waals surface area (Å²) in [5.41, 5.74) is 5.43. The molecular weight excluding hydrogens is 665 g/mol. The van der Waals surface area contributed by atoms with Gasteiger partial charge in [0.2, 0.25) is 14.7 Å². The van der Waals surface area contributed by atoms with E-state index in [0.29, 0.717) is 5.95 Å². The van der Waals surface area contributed by atoms with E-state index in [1.807, 2.05) is 30.3 Å². The number of benzene rings is 2. The minimum absolute atomic E-state index is 0.0146. The third kappa shape index (κ3) is 6.60. The number of likely N-dealkylation sites (tertiary alicyclic amines) is 1. The highest BCUT2D eigenvalue weighted by molar-refractivity contribution is 7.93. The standard InChI is InChI=1S/C28H29Cl2N7O8S/c29-19-7-4-8-20(30)22(19)46(42,43)28(31,24(39)40)15-35-23(38)21-12-27(45-36-21)11-18(13-34-25-32-9-10-33-25)37(16-27)26(41)44-14-17-5-2-1-3-6-17/h1-10,18H,11-16,31H2,(H,35,38)(H,39,40)(H2,32,33,34)/t18?,27?,28-/m0/s1. The van der Waals surface area contributed by atoms with Gasteiger partial charge in [0.25, 0.3) is 5.91 Å². The Morgan fingerprint density at radius 1 is 1.17 bits per heavy atom. The zero-order valence-electron chi connectivity index (χ0n) is 24.0. The van der Waals surface area contributed by atoms with Gasteiger partial charge >= 0.3 is 12.1 Å². The van der Waals surface area contributed by atoms with Crippen LogP contribution in [0.5, 0.6) is 0 Å². The zero-order valence-corrected chi connectivity index (χ0v) is 26.3. The topological polar surface area (TPSA) is 218 Å². The van der Waals surface area contributed by atoms with Crippen LogP contribution in [-0.2, 0) is 35.6 Å². The van der Waals surface area contributed by atoms with E-state index in [1.54, 1.807) is 12.4 Å². The number of nitrogens with one attached hydrogen (secondary N) is 3. The molecule has 0 radical (unpaired) electrons. The van der Waals surface area contributed by atoms with Crippen LogP contribution in [0.3, 0.4) is 0 Å². The van der Waals surface area contributed by atoms with E-state index < -0.39 is 55.8 Å². The number of ether oxygens (including phenoxy) is 1. The fourth-order valence-corrected chi connectivity index (χ4v) is 7.69. The number of oxime groups is 1. The van der Waals surface area contributed by atoms with Crippen molar-refractivity contribution in [3.63, 3.8) is 0 Å². The highest BCUT2D eigenvalue weighted by atomic mass is 35.5. The lowest BCUT2D eigenvalue weighted by atomic mass is 9.94. The van der Waals surface area contributed by atoms with Crippen LogP contribution in [0.4, 0.5) is 10.7 Å². The molecule has 3 aromatic rings. The Morgan fingerprint density at radius 3 is 2.54 bits per heavy atom. The summed E-state index contributed by atoms with van der Waals surface area (Å²) in [6.45, 7) is -0.734. The third-order valence-electron chi connectivity index (χ3n) is 7.59. The summed E-state index contributed by atoms with van der Waals surface area (Å²) in [5, 5.41) is 18.4. The van der Waals surface area contributed by atoms with Crippen molar-refractivity contribution in [3.05, 3.63) is 76.5 Å². The molecule has 1 spiro atoms. The number of halogens is 2. The van der Waals surface area contributed by atoms with Crippen molar-refractivity contribution in [2.24, 2.45) is 10.9 Å². The predicted octanol–water partition coefficient (Wildman–Crippen LogP) is 2.38. The van der Waals surface area contributed by atoms with E-state index in [0.717, 1.165) is 5.56 Å². The molecule has 2 amide bonds. The number of nitrogens with zero attached hydrogens (tertiary/aromatic N) is 3. The molecule has 3 atom stereocenters. The minimum Gasteiger partial charge on any atom is -0.479 e. The summed E-state index contributed by atoms with van der Waals surface area (Å²) >= 11 is 12.1. The summed E-state index contributed by atoms with van der Waals surface area (Å²) < 4.78 is 32.3. The normalized spacial score (nSPS) is 20.5. The molecule has 5 rings (SSSR count). The molecule has 2 aliphatic rings. The number of rotatable bonds is 11. The molecule has 1 saturated heterocycles. The molecule has 2 aromatic carbocycles. The highest BCUT2D eigenvalue weighted by Gasteiger charge is 2.54. The number of hydrogen-bond donors (Lipinski definition) is 5. The van der Waals surface area contributed by atoms with Crippen molar-refractivity contribution in [1.29, 1.82) is 0 Å². The number of nitrogens with two attached hydrogens (primary N) is 1. The fourth-order valence-electron chi connectivity index (χ4n) is 5.18. The number of imidazole rings is 1. The van der Waals surface area contributed by atoms with Gasteiger partial charge in [0.05, 0.1) is 29.2 Å². The molecule has 1 fully saturated rings.